The Bertz CT molecular complexity index is 1400. The highest BCUT2D eigenvalue weighted by Crippen LogP contribution is 2.33. The number of ether oxygens (including phenoxy) is 2. The first-order valence-electron chi connectivity index (χ1n) is 11.7. The van der Waals surface area contributed by atoms with Crippen molar-refractivity contribution in [3.05, 3.63) is 83.7 Å². The van der Waals surface area contributed by atoms with Crippen LogP contribution in [0.25, 0.3) is 0 Å². The number of benzene rings is 3. The zero-order valence-corrected chi connectivity index (χ0v) is 21.9. The minimum atomic E-state index is -4.25. The van der Waals surface area contributed by atoms with Gasteiger partial charge < -0.3 is 20.5 Å². The van der Waals surface area contributed by atoms with Crippen molar-refractivity contribution in [2.45, 2.75) is 37.8 Å². The Hall–Kier alpha value is -4.16. The summed E-state index contributed by atoms with van der Waals surface area (Å²) in [4.78, 5) is 15.0. The predicted molar refractivity (Wildman–Crippen MR) is 142 cm³/mol. The van der Waals surface area contributed by atoms with Crippen LogP contribution in [0.5, 0.6) is 11.5 Å². The van der Waals surface area contributed by atoms with Gasteiger partial charge in [-0.25, -0.2) is 12.8 Å². The molecule has 1 amide bonds. The van der Waals surface area contributed by atoms with Crippen LogP contribution in [-0.2, 0) is 14.8 Å². The number of hydrogen-bond acceptors (Lipinski definition) is 7. The van der Waals surface area contributed by atoms with Crippen LogP contribution in [0.3, 0.4) is 0 Å². The Labute approximate surface area is 220 Å². The molecule has 0 saturated carbocycles. The van der Waals surface area contributed by atoms with Crippen LogP contribution in [0.15, 0.2) is 71.6 Å². The second-order valence-electron chi connectivity index (χ2n) is 8.43. The van der Waals surface area contributed by atoms with Crippen LogP contribution >= 0.6 is 0 Å². The molecule has 1 atom stereocenters. The van der Waals surface area contributed by atoms with E-state index in [-0.39, 0.29) is 16.8 Å². The molecule has 0 aliphatic heterocycles. The summed E-state index contributed by atoms with van der Waals surface area (Å²) in [5, 5.41) is 10.6. The van der Waals surface area contributed by atoms with Crippen LogP contribution in [0.1, 0.15) is 37.9 Å². The molecule has 0 radical (unpaired) electrons. The number of hydrazine groups is 1. The smallest absolute Gasteiger partial charge is 0.262 e. The largest absolute Gasteiger partial charge is 0.490 e. The number of nitrogen functional groups attached to an aromatic ring is 1. The summed E-state index contributed by atoms with van der Waals surface area (Å²) in [6, 6.07) is 14.7. The number of carbonyl (C=O) groups excluding carboxylic acids is 1. The summed E-state index contributed by atoms with van der Waals surface area (Å²) in [6.07, 6.45) is -0.116. The van der Waals surface area contributed by atoms with Gasteiger partial charge in [-0.15, -0.1) is 4.83 Å². The first kappa shape index (κ1) is 28.4. The average molecular weight is 544 g/mol. The lowest BCUT2D eigenvalue weighted by Crippen LogP contribution is -2.45. The van der Waals surface area contributed by atoms with E-state index in [0.29, 0.717) is 34.9 Å². The Morgan fingerprint density at radius 1 is 1.05 bits per heavy atom. The fraction of sp³-hybridized carbons (Fsp3) is 0.231. The van der Waals surface area contributed by atoms with Crippen LogP contribution in [0, 0.1) is 11.2 Å². The van der Waals surface area contributed by atoms with Crippen LogP contribution in [0.2, 0.25) is 0 Å². The molecule has 6 N–H and O–H groups in total. The highest BCUT2D eigenvalue weighted by molar-refractivity contribution is 7.89. The third kappa shape index (κ3) is 7.43. The topological polar surface area (TPSA) is 156 Å². The van der Waals surface area contributed by atoms with E-state index in [4.69, 9.17) is 20.6 Å². The number of anilines is 1. The Balaban J connectivity index is 1.93. The van der Waals surface area contributed by atoms with Crippen molar-refractivity contribution in [3.8, 4) is 11.5 Å². The van der Waals surface area contributed by atoms with Gasteiger partial charge >= 0.3 is 0 Å². The zero-order valence-electron chi connectivity index (χ0n) is 21.1. The highest BCUT2D eigenvalue weighted by Gasteiger charge is 2.25. The molecular formula is C26H30FN5O5S. The quantitative estimate of drug-likeness (QED) is 0.133. The van der Waals surface area contributed by atoms with Gasteiger partial charge in [0.15, 0.2) is 11.5 Å². The number of amidine groups is 1. The van der Waals surface area contributed by atoms with E-state index in [9.17, 15) is 17.6 Å². The van der Waals surface area contributed by atoms with E-state index in [0.717, 1.165) is 12.1 Å². The van der Waals surface area contributed by atoms with Gasteiger partial charge in [-0.3, -0.25) is 15.6 Å². The van der Waals surface area contributed by atoms with E-state index >= 15 is 0 Å². The van der Waals surface area contributed by atoms with Crippen LogP contribution in [0.4, 0.5) is 10.1 Å². The minimum Gasteiger partial charge on any atom is -0.490 e. The normalized spacial score (nSPS) is 12.0. The van der Waals surface area contributed by atoms with Crippen molar-refractivity contribution in [2.75, 3.05) is 11.9 Å². The fourth-order valence-corrected chi connectivity index (χ4v) is 4.30. The summed E-state index contributed by atoms with van der Waals surface area (Å²) in [7, 11) is -4.25. The molecule has 1 unspecified atom stereocenters. The first-order valence-corrected chi connectivity index (χ1v) is 13.2. The van der Waals surface area contributed by atoms with Gasteiger partial charge in [-0.2, -0.15) is 0 Å². The van der Waals surface area contributed by atoms with Gasteiger partial charge in [-0.05, 0) is 80.9 Å². The number of nitrogens with one attached hydrogen (secondary N) is 4. The minimum absolute atomic E-state index is 0.111. The van der Waals surface area contributed by atoms with Crippen molar-refractivity contribution >= 4 is 27.5 Å². The average Bonchev–Trinajstić information content (AvgIpc) is 2.87. The van der Waals surface area contributed by atoms with Crippen molar-refractivity contribution in [1.82, 2.24) is 10.3 Å². The second-order valence-corrected chi connectivity index (χ2v) is 10.1. The molecule has 0 aliphatic carbocycles. The van der Waals surface area contributed by atoms with Crippen LogP contribution < -0.4 is 30.8 Å². The lowest BCUT2D eigenvalue weighted by Gasteiger charge is -2.22. The molecule has 0 saturated heterocycles. The summed E-state index contributed by atoms with van der Waals surface area (Å²) < 4.78 is 50.3. The maximum atomic E-state index is 13.5. The Morgan fingerprint density at radius 2 is 1.76 bits per heavy atom. The monoisotopic (exact) mass is 543 g/mol. The van der Waals surface area contributed by atoms with E-state index in [1.165, 1.54) is 12.1 Å². The molecule has 0 heterocycles. The number of nitrogens with two attached hydrogens (primary N) is 1. The van der Waals surface area contributed by atoms with Gasteiger partial charge in [-0.1, -0.05) is 12.1 Å². The molecule has 0 bridgehead atoms. The Kier molecular flexibility index (Phi) is 9.26. The number of carbonyl (C=O) groups is 1. The molecule has 10 nitrogen and oxygen atoms in total. The maximum absolute atomic E-state index is 13.5. The maximum Gasteiger partial charge on any atom is 0.262 e. The molecule has 12 heteroatoms. The highest BCUT2D eigenvalue weighted by atomic mass is 32.2. The number of amides is 1. The zero-order chi connectivity index (χ0) is 27.9. The van der Waals surface area contributed by atoms with Gasteiger partial charge in [0.1, 0.15) is 17.7 Å². The summed E-state index contributed by atoms with van der Waals surface area (Å²) in [6.45, 7) is 5.90. The summed E-state index contributed by atoms with van der Waals surface area (Å²) >= 11 is 0. The second kappa shape index (κ2) is 12.4. The molecule has 0 aromatic heterocycles. The van der Waals surface area contributed by atoms with Gasteiger partial charge in [0.05, 0.1) is 17.6 Å². The fourth-order valence-electron chi connectivity index (χ4n) is 3.42. The van der Waals surface area contributed by atoms with Crippen molar-refractivity contribution in [2.24, 2.45) is 5.73 Å². The molecule has 0 aliphatic rings. The van der Waals surface area contributed by atoms with E-state index in [2.05, 4.69) is 10.7 Å². The Morgan fingerprint density at radius 3 is 2.37 bits per heavy atom. The molecule has 0 spiro atoms. The first-order chi connectivity index (χ1) is 18.0. The van der Waals surface area contributed by atoms with Gasteiger partial charge in [0, 0.05) is 11.3 Å². The SMILES string of the molecule is CCOc1cc(C(Nc2ccc(C(=N)N)cc2)C(=O)NNS(=O)(=O)c2cccc(F)c2)ccc1OC(C)C. The standard InChI is InChI=1S/C26H30FN5O5S/c1-4-36-23-14-18(10-13-22(23)37-16(2)3)24(30-20-11-8-17(9-12-20)25(28)29)26(33)31-32-38(34,35)21-7-5-6-19(27)15-21/h5-16,24,30,32H,4H2,1-3H3,(H3,28,29)(H,31,33). The lowest BCUT2D eigenvalue weighted by molar-refractivity contribution is -0.122. The summed E-state index contributed by atoms with van der Waals surface area (Å²) in [5.41, 5.74) is 9.16. The third-order valence-electron chi connectivity index (χ3n) is 5.15. The van der Waals surface area contributed by atoms with Crippen molar-refractivity contribution < 1.29 is 27.1 Å². The van der Waals surface area contributed by atoms with E-state index < -0.39 is 27.8 Å². The number of hydrogen-bond donors (Lipinski definition) is 5. The molecule has 3 aromatic carbocycles. The molecule has 202 valence electrons. The molecule has 3 aromatic rings. The van der Waals surface area contributed by atoms with Crippen molar-refractivity contribution in [3.63, 3.8) is 0 Å². The predicted octanol–water partition coefficient (Wildman–Crippen LogP) is 3.46. The number of halogens is 1. The third-order valence-corrected chi connectivity index (χ3v) is 6.39. The van der Waals surface area contributed by atoms with Gasteiger partial charge in [0.25, 0.3) is 15.9 Å². The van der Waals surface area contributed by atoms with Gasteiger partial charge in [0.2, 0.25) is 0 Å². The number of sulfonamides is 1. The molecular weight excluding hydrogens is 513 g/mol. The van der Waals surface area contributed by atoms with Crippen molar-refractivity contribution in [1.29, 1.82) is 5.41 Å². The molecule has 38 heavy (non-hydrogen) atoms. The number of rotatable bonds is 12. The molecule has 0 fully saturated rings. The lowest BCUT2D eigenvalue weighted by atomic mass is 10.0. The molecule has 3 rings (SSSR count). The summed E-state index contributed by atoms with van der Waals surface area (Å²) in [5.74, 6) is -0.701. The van der Waals surface area contributed by atoms with E-state index in [1.54, 1.807) is 42.5 Å². The van der Waals surface area contributed by atoms with Crippen LogP contribution in [-0.4, -0.2) is 32.9 Å². The van der Waals surface area contributed by atoms with E-state index in [1.807, 2.05) is 25.6 Å².